The summed E-state index contributed by atoms with van der Waals surface area (Å²) in [5.74, 6) is 0.610. The van der Waals surface area contributed by atoms with Crippen LogP contribution in [0.2, 0.25) is 0 Å². The van der Waals surface area contributed by atoms with Crippen LogP contribution in [-0.2, 0) is 6.42 Å². The minimum Gasteiger partial charge on any atom is -0.465 e. The lowest BCUT2D eigenvalue weighted by Gasteiger charge is -2.11. The lowest BCUT2D eigenvalue weighted by molar-refractivity contribution is 0.102. The van der Waals surface area contributed by atoms with Crippen molar-refractivity contribution in [3.63, 3.8) is 0 Å². The van der Waals surface area contributed by atoms with Gasteiger partial charge in [-0.1, -0.05) is 29.5 Å². The third-order valence-electron chi connectivity index (χ3n) is 4.77. The van der Waals surface area contributed by atoms with Gasteiger partial charge in [0.25, 0.3) is 5.91 Å². The lowest BCUT2D eigenvalue weighted by Crippen LogP contribution is -2.15. The Balaban J connectivity index is 1.65. The highest BCUT2D eigenvalue weighted by atomic mass is 32.1. The standard InChI is InChI=1S/C21H16N4O2S/c1-12-24-25-21(28-12)23-20(26)18-15-6-2-3-7-17(15)22-19-13(8-9-16(18)19)11-14-5-4-10-27-14/h2-7,10-11H,8-9H2,1H3,(H,23,25,26)/b13-11-. The molecule has 6 nitrogen and oxygen atoms in total. The summed E-state index contributed by atoms with van der Waals surface area (Å²) in [4.78, 5) is 18.0. The van der Waals surface area contributed by atoms with Crippen LogP contribution >= 0.6 is 11.3 Å². The molecule has 0 saturated heterocycles. The van der Waals surface area contributed by atoms with Crippen molar-refractivity contribution in [1.82, 2.24) is 15.2 Å². The van der Waals surface area contributed by atoms with E-state index < -0.39 is 0 Å². The van der Waals surface area contributed by atoms with Crippen LogP contribution in [0.3, 0.4) is 0 Å². The highest BCUT2D eigenvalue weighted by molar-refractivity contribution is 7.15. The monoisotopic (exact) mass is 388 g/mol. The van der Waals surface area contributed by atoms with Crippen molar-refractivity contribution in [2.24, 2.45) is 0 Å². The number of aryl methyl sites for hydroxylation is 1. The quantitative estimate of drug-likeness (QED) is 0.549. The van der Waals surface area contributed by atoms with Crippen LogP contribution in [0.25, 0.3) is 22.6 Å². The molecule has 0 spiro atoms. The van der Waals surface area contributed by atoms with Gasteiger partial charge in [0.05, 0.1) is 23.0 Å². The van der Waals surface area contributed by atoms with Crippen molar-refractivity contribution in [1.29, 1.82) is 0 Å². The molecule has 5 rings (SSSR count). The number of anilines is 1. The van der Waals surface area contributed by atoms with Crippen LogP contribution in [0.4, 0.5) is 5.13 Å². The molecule has 0 aliphatic heterocycles. The van der Waals surface area contributed by atoms with E-state index >= 15 is 0 Å². The number of amides is 1. The van der Waals surface area contributed by atoms with Crippen LogP contribution in [0.1, 0.15) is 38.8 Å². The van der Waals surface area contributed by atoms with Crippen molar-refractivity contribution >= 4 is 44.9 Å². The Bertz CT molecular complexity index is 1220. The lowest BCUT2D eigenvalue weighted by atomic mass is 10.00. The Morgan fingerprint density at radius 3 is 2.86 bits per heavy atom. The average Bonchev–Trinajstić information content (AvgIpc) is 3.43. The fourth-order valence-corrected chi connectivity index (χ4v) is 4.18. The molecule has 1 amide bonds. The van der Waals surface area contributed by atoms with Gasteiger partial charge in [-0.15, -0.1) is 10.2 Å². The van der Waals surface area contributed by atoms with Gasteiger partial charge in [-0.05, 0) is 55.2 Å². The second-order valence-corrected chi connectivity index (χ2v) is 7.78. The number of benzene rings is 1. The number of hydrogen-bond donors (Lipinski definition) is 1. The van der Waals surface area contributed by atoms with E-state index in [9.17, 15) is 4.79 Å². The van der Waals surface area contributed by atoms with Gasteiger partial charge in [0.15, 0.2) is 0 Å². The minimum absolute atomic E-state index is 0.176. The number of nitrogens with one attached hydrogen (secondary N) is 1. The van der Waals surface area contributed by atoms with E-state index in [0.717, 1.165) is 51.3 Å². The third kappa shape index (κ3) is 2.90. The first-order chi connectivity index (χ1) is 13.7. The van der Waals surface area contributed by atoms with Gasteiger partial charge in [-0.25, -0.2) is 4.98 Å². The fraction of sp³-hybridized carbons (Fsp3) is 0.143. The highest BCUT2D eigenvalue weighted by Gasteiger charge is 2.27. The number of fused-ring (bicyclic) bond motifs is 2. The number of hydrogen-bond acceptors (Lipinski definition) is 6. The second-order valence-electron chi connectivity index (χ2n) is 6.60. The molecule has 1 N–H and O–H groups in total. The average molecular weight is 388 g/mol. The molecule has 28 heavy (non-hydrogen) atoms. The topological polar surface area (TPSA) is 80.9 Å². The van der Waals surface area contributed by atoms with E-state index in [1.807, 2.05) is 49.4 Å². The summed E-state index contributed by atoms with van der Waals surface area (Å²) in [5, 5.41) is 13.0. The number of para-hydroxylation sites is 1. The maximum atomic E-state index is 13.2. The Morgan fingerprint density at radius 2 is 2.07 bits per heavy atom. The molecule has 4 aromatic rings. The van der Waals surface area contributed by atoms with Crippen molar-refractivity contribution < 1.29 is 9.21 Å². The molecular weight excluding hydrogens is 372 g/mol. The molecular formula is C21H16N4O2S. The molecule has 0 saturated carbocycles. The molecule has 0 fully saturated rings. The number of furan rings is 1. The summed E-state index contributed by atoms with van der Waals surface area (Å²) in [6.07, 6.45) is 5.23. The van der Waals surface area contributed by atoms with E-state index in [0.29, 0.717) is 10.7 Å². The predicted octanol–water partition coefficient (Wildman–Crippen LogP) is 4.73. The molecule has 0 atom stereocenters. The molecule has 1 aliphatic carbocycles. The maximum Gasteiger partial charge on any atom is 0.258 e. The fourth-order valence-electron chi connectivity index (χ4n) is 3.59. The van der Waals surface area contributed by atoms with Gasteiger partial charge >= 0.3 is 0 Å². The smallest absolute Gasteiger partial charge is 0.258 e. The molecule has 0 bridgehead atoms. The molecule has 1 aromatic carbocycles. The van der Waals surface area contributed by atoms with E-state index in [1.54, 1.807) is 6.26 Å². The summed E-state index contributed by atoms with van der Waals surface area (Å²) in [5.41, 5.74) is 4.38. The first-order valence-electron chi connectivity index (χ1n) is 8.96. The molecule has 0 unspecified atom stereocenters. The van der Waals surface area contributed by atoms with Crippen molar-refractivity contribution in [2.75, 3.05) is 5.32 Å². The number of pyridine rings is 1. The predicted molar refractivity (Wildman–Crippen MR) is 109 cm³/mol. The van der Waals surface area contributed by atoms with Gasteiger partial charge in [-0.2, -0.15) is 0 Å². The van der Waals surface area contributed by atoms with E-state index in [4.69, 9.17) is 9.40 Å². The maximum absolute atomic E-state index is 13.2. The molecule has 138 valence electrons. The number of aromatic nitrogens is 3. The number of rotatable bonds is 3. The van der Waals surface area contributed by atoms with E-state index in [-0.39, 0.29) is 5.91 Å². The van der Waals surface area contributed by atoms with E-state index in [2.05, 4.69) is 15.5 Å². The van der Waals surface area contributed by atoms with E-state index in [1.165, 1.54) is 11.3 Å². The molecule has 3 heterocycles. The number of nitrogens with zero attached hydrogens (tertiary/aromatic N) is 3. The number of carbonyl (C=O) groups is 1. The zero-order valence-corrected chi connectivity index (χ0v) is 15.9. The Morgan fingerprint density at radius 1 is 1.18 bits per heavy atom. The zero-order chi connectivity index (χ0) is 19.1. The Hall–Kier alpha value is -3.32. The van der Waals surface area contributed by atoms with Gasteiger partial charge in [0.2, 0.25) is 5.13 Å². The SMILES string of the molecule is Cc1nnc(NC(=O)c2c3c(nc4ccccc24)/C(=C\c2ccco2)CC3)s1. The molecule has 0 radical (unpaired) electrons. The largest absolute Gasteiger partial charge is 0.465 e. The Labute approximate surface area is 164 Å². The minimum atomic E-state index is -0.176. The van der Waals surface area contributed by atoms with Gasteiger partial charge in [0, 0.05) is 5.39 Å². The van der Waals surface area contributed by atoms with Crippen molar-refractivity contribution in [3.8, 4) is 0 Å². The number of carbonyl (C=O) groups excluding carboxylic acids is 1. The summed E-state index contributed by atoms with van der Waals surface area (Å²) in [6.45, 7) is 1.86. The number of allylic oxidation sites excluding steroid dienone is 1. The van der Waals surface area contributed by atoms with Crippen LogP contribution in [-0.4, -0.2) is 21.1 Å². The second kappa shape index (κ2) is 6.69. The van der Waals surface area contributed by atoms with Gasteiger partial charge in [-0.3, -0.25) is 10.1 Å². The van der Waals surface area contributed by atoms with Crippen LogP contribution in [0.15, 0.2) is 47.1 Å². The van der Waals surface area contributed by atoms with Crippen LogP contribution in [0.5, 0.6) is 0 Å². The van der Waals surface area contributed by atoms with Crippen molar-refractivity contribution in [2.45, 2.75) is 19.8 Å². The summed E-state index contributed by atoms with van der Waals surface area (Å²) in [7, 11) is 0. The molecule has 1 aliphatic rings. The summed E-state index contributed by atoms with van der Waals surface area (Å²) >= 11 is 1.36. The van der Waals surface area contributed by atoms with Crippen LogP contribution in [0, 0.1) is 6.92 Å². The Kier molecular flexibility index (Phi) is 4.02. The first-order valence-corrected chi connectivity index (χ1v) is 9.78. The summed E-state index contributed by atoms with van der Waals surface area (Å²) in [6, 6.07) is 11.5. The summed E-state index contributed by atoms with van der Waals surface area (Å²) < 4.78 is 5.46. The third-order valence-corrected chi connectivity index (χ3v) is 5.53. The highest BCUT2D eigenvalue weighted by Crippen LogP contribution is 2.37. The molecule has 3 aromatic heterocycles. The van der Waals surface area contributed by atoms with Crippen LogP contribution < -0.4 is 5.32 Å². The van der Waals surface area contributed by atoms with Gasteiger partial charge in [0.1, 0.15) is 10.8 Å². The first kappa shape index (κ1) is 16.8. The normalized spacial score (nSPS) is 14.5. The molecule has 7 heteroatoms. The van der Waals surface area contributed by atoms with Gasteiger partial charge < -0.3 is 4.42 Å². The zero-order valence-electron chi connectivity index (χ0n) is 15.1. The van der Waals surface area contributed by atoms with Crippen molar-refractivity contribution in [3.05, 3.63) is 70.3 Å².